The lowest BCUT2D eigenvalue weighted by Crippen LogP contribution is -2.40. The number of aliphatic hydroxyl groups is 1. The van der Waals surface area contributed by atoms with E-state index >= 15 is 0 Å². The lowest BCUT2D eigenvalue weighted by Gasteiger charge is -2.22. The standard InChI is InChI=1S/C23H25F2N3O3/c1-6-23(4,5)26-12-17(29)19-13(2)20(28(14(19)3)22(24)25)21(30)27-16-7-8-18-15(11-16)9-10-31-18/h1,7-11,17,22,26,29H,12H2,2-5H3,(H,27,30). The normalized spacial score (nSPS) is 12.9. The summed E-state index contributed by atoms with van der Waals surface area (Å²) < 4.78 is 33.7. The number of halogens is 2. The Bertz CT molecular complexity index is 1150. The van der Waals surface area contributed by atoms with Gasteiger partial charge in [0, 0.05) is 28.9 Å². The Labute approximate surface area is 179 Å². The molecule has 164 valence electrons. The second-order valence-electron chi connectivity index (χ2n) is 7.91. The number of aromatic nitrogens is 1. The molecule has 0 saturated heterocycles. The number of alkyl halides is 2. The SMILES string of the molecule is C#CC(C)(C)NCC(O)c1c(C)c(C(=O)Nc2ccc3occc3c2)n(C(F)F)c1C. The van der Waals surface area contributed by atoms with Crippen LogP contribution in [0.5, 0.6) is 0 Å². The number of anilines is 1. The molecule has 0 bridgehead atoms. The number of hydrogen-bond donors (Lipinski definition) is 3. The molecule has 3 N–H and O–H groups in total. The van der Waals surface area contributed by atoms with E-state index in [2.05, 4.69) is 16.6 Å². The van der Waals surface area contributed by atoms with Crippen molar-refractivity contribution in [2.45, 2.75) is 45.9 Å². The molecule has 3 aromatic rings. The van der Waals surface area contributed by atoms with Gasteiger partial charge in [-0.15, -0.1) is 6.42 Å². The van der Waals surface area contributed by atoms with E-state index in [1.807, 2.05) is 0 Å². The molecule has 2 aromatic heterocycles. The molecule has 0 aliphatic heterocycles. The molecule has 0 saturated carbocycles. The van der Waals surface area contributed by atoms with E-state index < -0.39 is 24.1 Å². The number of terminal acetylenes is 1. The van der Waals surface area contributed by atoms with Gasteiger partial charge in [-0.1, -0.05) is 5.92 Å². The average Bonchev–Trinajstić information content (AvgIpc) is 3.27. The second-order valence-corrected chi connectivity index (χ2v) is 7.91. The Morgan fingerprint density at radius 1 is 1.32 bits per heavy atom. The smallest absolute Gasteiger partial charge is 0.319 e. The van der Waals surface area contributed by atoms with Crippen molar-refractivity contribution in [1.29, 1.82) is 0 Å². The largest absolute Gasteiger partial charge is 0.464 e. The highest BCUT2D eigenvalue weighted by molar-refractivity contribution is 6.05. The molecule has 0 aliphatic rings. The van der Waals surface area contributed by atoms with Crippen LogP contribution in [0.25, 0.3) is 11.0 Å². The van der Waals surface area contributed by atoms with Crippen LogP contribution >= 0.6 is 0 Å². The fourth-order valence-electron chi connectivity index (χ4n) is 3.63. The maximum absolute atomic E-state index is 13.9. The highest BCUT2D eigenvalue weighted by atomic mass is 19.3. The number of carbonyl (C=O) groups is 1. The summed E-state index contributed by atoms with van der Waals surface area (Å²) in [5.41, 5.74) is 0.885. The Hall–Kier alpha value is -3.15. The van der Waals surface area contributed by atoms with E-state index in [-0.39, 0.29) is 29.1 Å². The molecule has 1 atom stereocenters. The molecule has 1 amide bonds. The van der Waals surface area contributed by atoms with Gasteiger partial charge in [0.2, 0.25) is 0 Å². The van der Waals surface area contributed by atoms with Crippen LogP contribution in [-0.4, -0.2) is 27.7 Å². The first-order valence-electron chi connectivity index (χ1n) is 9.74. The Morgan fingerprint density at radius 2 is 2.03 bits per heavy atom. The lowest BCUT2D eigenvalue weighted by molar-refractivity contribution is 0.0625. The fraction of sp³-hybridized carbons (Fsp3) is 0.348. The van der Waals surface area contributed by atoms with Crippen molar-refractivity contribution < 1.29 is 23.1 Å². The van der Waals surface area contributed by atoms with Gasteiger partial charge in [0.25, 0.3) is 5.91 Å². The first-order valence-corrected chi connectivity index (χ1v) is 9.74. The van der Waals surface area contributed by atoms with Gasteiger partial charge >= 0.3 is 6.55 Å². The zero-order valence-electron chi connectivity index (χ0n) is 17.8. The predicted molar refractivity (Wildman–Crippen MR) is 115 cm³/mol. The molecule has 3 rings (SSSR count). The molecule has 2 heterocycles. The van der Waals surface area contributed by atoms with Crippen molar-refractivity contribution in [1.82, 2.24) is 9.88 Å². The zero-order valence-corrected chi connectivity index (χ0v) is 17.8. The maximum Gasteiger partial charge on any atom is 0.319 e. The second kappa shape index (κ2) is 8.53. The summed E-state index contributed by atoms with van der Waals surface area (Å²) in [6.07, 6.45) is 5.84. The number of aliphatic hydroxyl groups excluding tert-OH is 1. The van der Waals surface area contributed by atoms with Crippen LogP contribution in [0, 0.1) is 26.2 Å². The molecule has 0 radical (unpaired) electrons. The first-order chi connectivity index (χ1) is 14.6. The van der Waals surface area contributed by atoms with E-state index in [4.69, 9.17) is 10.8 Å². The third kappa shape index (κ3) is 4.48. The molecule has 1 aromatic carbocycles. The fourth-order valence-corrected chi connectivity index (χ4v) is 3.63. The third-order valence-electron chi connectivity index (χ3n) is 5.30. The topological polar surface area (TPSA) is 79.4 Å². The van der Waals surface area contributed by atoms with Crippen molar-refractivity contribution >= 4 is 22.6 Å². The van der Waals surface area contributed by atoms with E-state index in [0.29, 0.717) is 15.8 Å². The lowest BCUT2D eigenvalue weighted by atomic mass is 10.0. The number of amides is 1. The van der Waals surface area contributed by atoms with Gasteiger partial charge < -0.3 is 14.8 Å². The van der Waals surface area contributed by atoms with E-state index in [1.54, 1.807) is 45.0 Å². The van der Waals surface area contributed by atoms with Crippen molar-refractivity contribution in [3.05, 3.63) is 53.0 Å². The van der Waals surface area contributed by atoms with Gasteiger partial charge in [0.1, 0.15) is 11.3 Å². The summed E-state index contributed by atoms with van der Waals surface area (Å²) >= 11 is 0. The Balaban J connectivity index is 1.94. The monoisotopic (exact) mass is 429 g/mol. The minimum Gasteiger partial charge on any atom is -0.464 e. The van der Waals surface area contributed by atoms with Crippen molar-refractivity contribution in [2.24, 2.45) is 0 Å². The third-order valence-corrected chi connectivity index (χ3v) is 5.30. The number of nitrogens with zero attached hydrogens (tertiary/aromatic N) is 1. The van der Waals surface area contributed by atoms with Crippen LogP contribution in [0.2, 0.25) is 0 Å². The average molecular weight is 429 g/mol. The number of carbonyl (C=O) groups excluding carboxylic acids is 1. The highest BCUT2D eigenvalue weighted by Gasteiger charge is 2.30. The Kier molecular flexibility index (Phi) is 6.20. The summed E-state index contributed by atoms with van der Waals surface area (Å²) in [6.45, 7) is 3.62. The number of nitrogens with one attached hydrogen (secondary N) is 2. The molecular formula is C23H25F2N3O3. The van der Waals surface area contributed by atoms with Crippen molar-refractivity contribution in [3.63, 3.8) is 0 Å². The number of fused-ring (bicyclic) bond motifs is 1. The van der Waals surface area contributed by atoms with E-state index in [0.717, 1.165) is 5.39 Å². The highest BCUT2D eigenvalue weighted by Crippen LogP contribution is 2.32. The van der Waals surface area contributed by atoms with Gasteiger partial charge in [-0.05, 0) is 57.5 Å². The number of β-amino-alcohol motifs (C(OH)–C–C–N with tert-alkyl or cyclic N) is 1. The van der Waals surface area contributed by atoms with Crippen molar-refractivity contribution in [2.75, 3.05) is 11.9 Å². The maximum atomic E-state index is 13.9. The van der Waals surface area contributed by atoms with Crippen molar-refractivity contribution in [3.8, 4) is 12.3 Å². The molecule has 0 fully saturated rings. The zero-order chi connectivity index (χ0) is 22.9. The van der Waals surface area contributed by atoms with E-state index in [9.17, 15) is 18.7 Å². The van der Waals surface area contributed by atoms with Gasteiger partial charge in [-0.2, -0.15) is 8.78 Å². The number of rotatable bonds is 7. The van der Waals surface area contributed by atoms with Gasteiger partial charge in [0.05, 0.1) is 17.9 Å². The molecule has 6 nitrogen and oxygen atoms in total. The van der Waals surface area contributed by atoms with Crippen LogP contribution in [0.1, 0.15) is 53.8 Å². The molecule has 0 spiro atoms. The quantitative estimate of drug-likeness (QED) is 0.482. The summed E-state index contributed by atoms with van der Waals surface area (Å²) in [5, 5.41) is 17.1. The summed E-state index contributed by atoms with van der Waals surface area (Å²) in [6, 6.07) is 6.74. The number of benzene rings is 1. The molecule has 0 aliphatic carbocycles. The van der Waals surface area contributed by atoms with Crippen LogP contribution in [0.3, 0.4) is 0 Å². The Morgan fingerprint density at radius 3 is 2.68 bits per heavy atom. The predicted octanol–water partition coefficient (Wildman–Crippen LogP) is 4.53. The van der Waals surface area contributed by atoms with Crippen LogP contribution < -0.4 is 10.6 Å². The summed E-state index contributed by atoms with van der Waals surface area (Å²) in [7, 11) is 0. The molecule has 31 heavy (non-hydrogen) atoms. The number of furan rings is 1. The van der Waals surface area contributed by atoms with E-state index in [1.165, 1.54) is 13.2 Å². The van der Waals surface area contributed by atoms with Gasteiger partial charge in [-0.25, -0.2) is 0 Å². The van der Waals surface area contributed by atoms with Crippen LogP contribution in [0.4, 0.5) is 14.5 Å². The number of hydrogen-bond acceptors (Lipinski definition) is 4. The summed E-state index contributed by atoms with van der Waals surface area (Å²) in [4.78, 5) is 13.0. The molecular weight excluding hydrogens is 404 g/mol. The summed E-state index contributed by atoms with van der Waals surface area (Å²) in [5.74, 6) is 1.85. The van der Waals surface area contributed by atoms with Gasteiger partial charge in [0.15, 0.2) is 0 Å². The molecule has 8 heteroatoms. The molecule has 1 unspecified atom stereocenters. The van der Waals surface area contributed by atoms with Crippen LogP contribution in [0.15, 0.2) is 34.9 Å². The minimum atomic E-state index is -2.95. The van der Waals surface area contributed by atoms with Crippen LogP contribution in [-0.2, 0) is 0 Å². The first kappa shape index (κ1) is 22.5. The van der Waals surface area contributed by atoms with Gasteiger partial charge in [-0.3, -0.25) is 14.7 Å². The minimum absolute atomic E-state index is 0.0460.